The molecule has 0 unspecified atom stereocenters. The van der Waals surface area contributed by atoms with Gasteiger partial charge >= 0.3 is 0 Å². The van der Waals surface area contributed by atoms with E-state index in [-0.39, 0.29) is 5.91 Å². The van der Waals surface area contributed by atoms with Crippen LogP contribution in [0.25, 0.3) is 0 Å². The lowest BCUT2D eigenvalue weighted by molar-refractivity contribution is 0.0954. The maximum Gasteiger partial charge on any atom is 0.252 e. The van der Waals surface area contributed by atoms with Gasteiger partial charge in [0.05, 0.1) is 10.6 Å². The molecule has 1 amide bonds. The van der Waals surface area contributed by atoms with Crippen molar-refractivity contribution in [1.29, 1.82) is 0 Å². The van der Waals surface area contributed by atoms with E-state index in [1.807, 2.05) is 42.7 Å². The standard InChI is InChI=1S/C16H17ClN2OS/c1-21-13-6-7-15(17)14(10-13)16(20)19-9-8-11-2-4-12(18)5-3-11/h2-7,10H,8-9,18H2,1H3,(H,19,20). The monoisotopic (exact) mass is 320 g/mol. The van der Waals surface area contributed by atoms with Crippen molar-refractivity contribution in [2.45, 2.75) is 11.3 Å². The molecule has 0 saturated heterocycles. The average Bonchev–Trinajstić information content (AvgIpc) is 2.49. The fourth-order valence-corrected chi connectivity index (χ4v) is 2.55. The van der Waals surface area contributed by atoms with Gasteiger partial charge in [-0.2, -0.15) is 0 Å². The highest BCUT2D eigenvalue weighted by atomic mass is 35.5. The Bertz CT molecular complexity index is 629. The van der Waals surface area contributed by atoms with E-state index >= 15 is 0 Å². The zero-order chi connectivity index (χ0) is 15.2. The molecule has 0 atom stereocenters. The summed E-state index contributed by atoms with van der Waals surface area (Å²) < 4.78 is 0. The number of rotatable bonds is 5. The maximum absolute atomic E-state index is 12.2. The van der Waals surface area contributed by atoms with Crippen LogP contribution < -0.4 is 11.1 Å². The Balaban J connectivity index is 1.94. The van der Waals surface area contributed by atoms with Gasteiger partial charge in [0.25, 0.3) is 5.91 Å². The second-order valence-corrected chi connectivity index (χ2v) is 5.88. The number of hydrogen-bond acceptors (Lipinski definition) is 3. The SMILES string of the molecule is CSc1ccc(Cl)c(C(=O)NCCc2ccc(N)cc2)c1. The van der Waals surface area contributed by atoms with Gasteiger partial charge in [-0.25, -0.2) is 0 Å². The van der Waals surface area contributed by atoms with Crippen LogP contribution in [0.2, 0.25) is 5.02 Å². The number of carbonyl (C=O) groups is 1. The molecule has 0 heterocycles. The molecule has 0 aliphatic rings. The first-order chi connectivity index (χ1) is 10.1. The van der Waals surface area contributed by atoms with Crippen LogP contribution in [-0.2, 0) is 6.42 Å². The summed E-state index contributed by atoms with van der Waals surface area (Å²) in [5.74, 6) is -0.147. The lowest BCUT2D eigenvalue weighted by Gasteiger charge is -2.08. The number of carbonyl (C=O) groups excluding carboxylic acids is 1. The predicted molar refractivity (Wildman–Crippen MR) is 90.1 cm³/mol. The van der Waals surface area contributed by atoms with E-state index in [0.29, 0.717) is 17.1 Å². The normalized spacial score (nSPS) is 10.4. The first-order valence-corrected chi connectivity index (χ1v) is 8.16. The zero-order valence-electron chi connectivity index (χ0n) is 11.7. The Morgan fingerprint density at radius 3 is 2.62 bits per heavy atom. The smallest absolute Gasteiger partial charge is 0.252 e. The summed E-state index contributed by atoms with van der Waals surface area (Å²) in [6.45, 7) is 0.558. The number of nitrogens with two attached hydrogens (primary N) is 1. The molecule has 0 spiro atoms. The van der Waals surface area contributed by atoms with Crippen molar-refractivity contribution in [3.05, 3.63) is 58.6 Å². The number of anilines is 1. The Morgan fingerprint density at radius 2 is 1.95 bits per heavy atom. The topological polar surface area (TPSA) is 55.1 Å². The molecular weight excluding hydrogens is 304 g/mol. The molecule has 0 radical (unpaired) electrons. The fraction of sp³-hybridized carbons (Fsp3) is 0.188. The summed E-state index contributed by atoms with van der Waals surface area (Å²) in [5.41, 5.74) is 8.02. The van der Waals surface area contributed by atoms with Gasteiger partial charge in [0.15, 0.2) is 0 Å². The van der Waals surface area contributed by atoms with E-state index in [4.69, 9.17) is 17.3 Å². The number of nitrogen functional groups attached to an aromatic ring is 1. The van der Waals surface area contributed by atoms with Crippen molar-refractivity contribution < 1.29 is 4.79 Å². The summed E-state index contributed by atoms with van der Waals surface area (Å²) in [6, 6.07) is 13.1. The molecule has 0 aliphatic carbocycles. The number of thioether (sulfide) groups is 1. The van der Waals surface area contributed by atoms with Crippen molar-refractivity contribution in [2.75, 3.05) is 18.5 Å². The first kappa shape index (κ1) is 15.7. The molecule has 5 heteroatoms. The molecule has 0 aromatic heterocycles. The van der Waals surface area contributed by atoms with Gasteiger partial charge in [-0.1, -0.05) is 23.7 Å². The van der Waals surface area contributed by atoms with Crippen LogP contribution in [0.15, 0.2) is 47.4 Å². The number of hydrogen-bond donors (Lipinski definition) is 2. The van der Waals surface area contributed by atoms with Crippen molar-refractivity contribution in [2.24, 2.45) is 0 Å². The number of nitrogens with one attached hydrogen (secondary N) is 1. The second-order valence-electron chi connectivity index (χ2n) is 4.59. The van der Waals surface area contributed by atoms with Gasteiger partial charge in [-0.15, -0.1) is 11.8 Å². The van der Waals surface area contributed by atoms with Gasteiger partial charge in [0, 0.05) is 17.1 Å². The van der Waals surface area contributed by atoms with Crippen molar-refractivity contribution >= 4 is 35.0 Å². The quantitative estimate of drug-likeness (QED) is 0.653. The lowest BCUT2D eigenvalue weighted by atomic mass is 10.1. The van der Waals surface area contributed by atoms with Crippen LogP contribution in [-0.4, -0.2) is 18.7 Å². The van der Waals surface area contributed by atoms with E-state index < -0.39 is 0 Å². The largest absolute Gasteiger partial charge is 0.399 e. The maximum atomic E-state index is 12.2. The van der Waals surface area contributed by atoms with Crippen LogP contribution in [0.1, 0.15) is 15.9 Å². The van der Waals surface area contributed by atoms with Gasteiger partial charge < -0.3 is 11.1 Å². The van der Waals surface area contributed by atoms with Crippen LogP contribution in [0.5, 0.6) is 0 Å². The van der Waals surface area contributed by atoms with Gasteiger partial charge in [-0.3, -0.25) is 4.79 Å². The average molecular weight is 321 g/mol. The van der Waals surface area contributed by atoms with Crippen LogP contribution in [0.3, 0.4) is 0 Å². The summed E-state index contributed by atoms with van der Waals surface area (Å²) in [7, 11) is 0. The highest BCUT2D eigenvalue weighted by molar-refractivity contribution is 7.98. The van der Waals surface area contributed by atoms with Crippen LogP contribution in [0.4, 0.5) is 5.69 Å². The van der Waals surface area contributed by atoms with Gasteiger partial charge in [-0.05, 0) is 48.6 Å². The molecule has 0 fully saturated rings. The third kappa shape index (κ3) is 4.41. The lowest BCUT2D eigenvalue weighted by Crippen LogP contribution is -2.26. The van der Waals surface area contributed by atoms with Crippen molar-refractivity contribution in [3.63, 3.8) is 0 Å². The minimum atomic E-state index is -0.147. The number of benzene rings is 2. The van der Waals surface area contributed by atoms with E-state index in [1.165, 1.54) is 0 Å². The summed E-state index contributed by atoms with van der Waals surface area (Å²) >= 11 is 7.66. The number of halogens is 1. The minimum absolute atomic E-state index is 0.147. The van der Waals surface area contributed by atoms with Crippen LogP contribution >= 0.6 is 23.4 Å². The van der Waals surface area contributed by atoms with Crippen molar-refractivity contribution in [1.82, 2.24) is 5.32 Å². The molecule has 3 nitrogen and oxygen atoms in total. The van der Waals surface area contributed by atoms with E-state index in [9.17, 15) is 4.79 Å². The molecule has 0 saturated carbocycles. The Labute approximate surface area is 133 Å². The van der Waals surface area contributed by atoms with Gasteiger partial charge in [0.2, 0.25) is 0 Å². The predicted octanol–water partition coefficient (Wildman–Crippen LogP) is 3.62. The molecule has 110 valence electrons. The van der Waals surface area contributed by atoms with Crippen molar-refractivity contribution in [3.8, 4) is 0 Å². The molecule has 21 heavy (non-hydrogen) atoms. The molecule has 3 N–H and O–H groups in total. The molecule has 0 aliphatic heterocycles. The molecule has 2 aromatic carbocycles. The van der Waals surface area contributed by atoms with Gasteiger partial charge in [0.1, 0.15) is 0 Å². The third-order valence-corrected chi connectivity index (χ3v) is 4.15. The highest BCUT2D eigenvalue weighted by Gasteiger charge is 2.10. The van der Waals surface area contributed by atoms with E-state index in [2.05, 4.69) is 5.32 Å². The molecule has 2 rings (SSSR count). The Morgan fingerprint density at radius 1 is 1.24 bits per heavy atom. The molecule has 0 bridgehead atoms. The summed E-state index contributed by atoms with van der Waals surface area (Å²) in [6.07, 6.45) is 2.72. The Kier molecular flexibility index (Phi) is 5.53. The fourth-order valence-electron chi connectivity index (χ4n) is 1.91. The Hall–Kier alpha value is -1.65. The first-order valence-electron chi connectivity index (χ1n) is 6.56. The zero-order valence-corrected chi connectivity index (χ0v) is 13.3. The summed E-state index contributed by atoms with van der Waals surface area (Å²) in [5, 5.41) is 3.36. The van der Waals surface area contributed by atoms with E-state index in [1.54, 1.807) is 17.8 Å². The molecular formula is C16H17ClN2OS. The third-order valence-electron chi connectivity index (χ3n) is 3.10. The van der Waals surface area contributed by atoms with E-state index in [0.717, 1.165) is 22.6 Å². The molecule has 2 aromatic rings. The second kappa shape index (κ2) is 7.38. The number of amides is 1. The minimum Gasteiger partial charge on any atom is -0.399 e. The highest BCUT2D eigenvalue weighted by Crippen LogP contribution is 2.22. The van der Waals surface area contributed by atoms with Crippen LogP contribution in [0, 0.1) is 0 Å². The summed E-state index contributed by atoms with van der Waals surface area (Å²) in [4.78, 5) is 13.2.